The van der Waals surface area contributed by atoms with Crippen molar-refractivity contribution in [1.29, 1.82) is 0 Å². The van der Waals surface area contributed by atoms with Crippen LogP contribution in [0.4, 0.5) is 18.9 Å². The van der Waals surface area contributed by atoms with Crippen molar-refractivity contribution in [2.75, 3.05) is 37.2 Å². The molecule has 4 rings (SSSR count). The standard InChI is InChI=1S/C31H42F3N3O6SSi/c1-7-37(29(39)16-21-11-12-27-25(15-21)35-28(38)20-44(27,40)41)26(22-9-8-10-23(17-22)42-31(32,33)34)19-36-14-13-24(18-36)43-45(5,6)30(2,3)4/h8-12,15,17,24,26H,7,13-14,16,18-20H2,1-6H3,(H,35,38)/t24-,26?/m0/s1. The number of amides is 2. The molecule has 2 aliphatic heterocycles. The summed E-state index contributed by atoms with van der Waals surface area (Å²) >= 11 is 0. The van der Waals surface area contributed by atoms with Crippen molar-refractivity contribution in [3.63, 3.8) is 0 Å². The third-order valence-corrected chi connectivity index (χ3v) is 15.0. The molecule has 0 bridgehead atoms. The number of carbonyl (C=O) groups is 2. The van der Waals surface area contributed by atoms with E-state index in [1.54, 1.807) is 17.9 Å². The number of nitrogens with zero attached hydrogens (tertiary/aromatic N) is 2. The molecule has 248 valence electrons. The summed E-state index contributed by atoms with van der Waals surface area (Å²) in [5, 5.41) is 2.60. The van der Waals surface area contributed by atoms with Crippen molar-refractivity contribution >= 4 is 35.7 Å². The van der Waals surface area contributed by atoms with Crippen LogP contribution in [0.2, 0.25) is 18.1 Å². The van der Waals surface area contributed by atoms with Gasteiger partial charge in [0.1, 0.15) is 11.5 Å². The van der Waals surface area contributed by atoms with Crippen LogP contribution in [-0.4, -0.2) is 82.7 Å². The Bertz CT molecular complexity index is 1530. The molecule has 9 nitrogen and oxygen atoms in total. The first-order valence-corrected chi connectivity index (χ1v) is 19.5. The summed E-state index contributed by atoms with van der Waals surface area (Å²) in [6.07, 6.45) is -4.16. The van der Waals surface area contributed by atoms with Gasteiger partial charge in [0.05, 0.1) is 29.1 Å². The quantitative estimate of drug-likeness (QED) is 0.332. The van der Waals surface area contributed by atoms with Gasteiger partial charge in [-0.15, -0.1) is 13.2 Å². The zero-order chi connectivity index (χ0) is 33.4. The van der Waals surface area contributed by atoms with Crippen molar-refractivity contribution in [2.24, 2.45) is 0 Å². The molecule has 0 aliphatic carbocycles. The third kappa shape index (κ3) is 8.66. The van der Waals surface area contributed by atoms with Crippen molar-refractivity contribution in [2.45, 2.75) is 82.1 Å². The topological polar surface area (TPSA) is 105 Å². The van der Waals surface area contributed by atoms with Crippen LogP contribution in [0.5, 0.6) is 5.75 Å². The molecule has 45 heavy (non-hydrogen) atoms. The lowest BCUT2D eigenvalue weighted by Gasteiger charge is -2.38. The van der Waals surface area contributed by atoms with Gasteiger partial charge in [-0.25, -0.2) is 8.42 Å². The van der Waals surface area contributed by atoms with Gasteiger partial charge >= 0.3 is 6.36 Å². The van der Waals surface area contributed by atoms with Gasteiger partial charge in [0.15, 0.2) is 18.2 Å². The number of hydrogen-bond donors (Lipinski definition) is 1. The summed E-state index contributed by atoms with van der Waals surface area (Å²) in [6.45, 7) is 14.7. The number of halogens is 3. The zero-order valence-electron chi connectivity index (χ0n) is 26.5. The van der Waals surface area contributed by atoms with Crippen LogP contribution in [0.15, 0.2) is 47.4 Å². The number of fused-ring (bicyclic) bond motifs is 1. The van der Waals surface area contributed by atoms with E-state index in [4.69, 9.17) is 4.43 Å². The molecule has 0 radical (unpaired) electrons. The minimum Gasteiger partial charge on any atom is -0.413 e. The van der Waals surface area contributed by atoms with E-state index in [-0.39, 0.29) is 46.3 Å². The number of rotatable bonds is 10. The summed E-state index contributed by atoms with van der Waals surface area (Å²) in [4.78, 5) is 29.6. The Hall–Kier alpha value is -2.94. The second-order valence-corrected chi connectivity index (χ2v) is 19.9. The summed E-state index contributed by atoms with van der Waals surface area (Å²) in [7, 11) is -5.80. The average molecular weight is 670 g/mol. The highest BCUT2D eigenvalue weighted by Crippen LogP contribution is 2.39. The van der Waals surface area contributed by atoms with Crippen LogP contribution in [0, 0.1) is 0 Å². The molecule has 14 heteroatoms. The predicted octanol–water partition coefficient (Wildman–Crippen LogP) is 5.54. The van der Waals surface area contributed by atoms with Crippen LogP contribution in [0.1, 0.15) is 51.3 Å². The molecule has 2 aromatic rings. The number of alkyl halides is 3. The summed E-state index contributed by atoms with van der Waals surface area (Å²) in [5.41, 5.74) is 1.11. The normalized spacial score (nSPS) is 19.5. The van der Waals surface area contributed by atoms with Gasteiger partial charge in [-0.2, -0.15) is 0 Å². The molecular formula is C31H42F3N3O6SSi. The summed E-state index contributed by atoms with van der Waals surface area (Å²) in [6, 6.07) is 9.48. The Morgan fingerprint density at radius 2 is 1.87 bits per heavy atom. The first kappa shape index (κ1) is 34.9. The predicted molar refractivity (Wildman–Crippen MR) is 167 cm³/mol. The Balaban J connectivity index is 1.60. The third-order valence-electron chi connectivity index (χ3n) is 8.77. The van der Waals surface area contributed by atoms with Crippen molar-refractivity contribution in [1.82, 2.24) is 9.80 Å². The second kappa shape index (κ2) is 13.0. The molecule has 1 saturated heterocycles. The van der Waals surface area contributed by atoms with Crippen molar-refractivity contribution in [3.05, 3.63) is 53.6 Å². The number of nitrogens with one attached hydrogen (secondary N) is 1. The number of anilines is 1. The van der Waals surface area contributed by atoms with Crippen LogP contribution < -0.4 is 10.1 Å². The number of likely N-dealkylation sites (N-methyl/N-ethyl adjacent to an activating group) is 1. The maximum atomic E-state index is 13.8. The fourth-order valence-corrected chi connectivity index (χ4v) is 8.21. The van der Waals surface area contributed by atoms with Gasteiger partial charge < -0.3 is 19.4 Å². The number of sulfone groups is 1. The lowest BCUT2D eigenvalue weighted by molar-refractivity contribution is -0.274. The van der Waals surface area contributed by atoms with E-state index >= 15 is 0 Å². The molecular weight excluding hydrogens is 628 g/mol. The number of benzene rings is 2. The van der Waals surface area contributed by atoms with Crippen LogP contribution in [-0.2, 0) is 30.3 Å². The molecule has 0 aromatic heterocycles. The lowest BCUT2D eigenvalue weighted by atomic mass is 10.0. The Kier molecular flexibility index (Phi) is 10.1. The van der Waals surface area contributed by atoms with Gasteiger partial charge in [-0.1, -0.05) is 39.0 Å². The van der Waals surface area contributed by atoms with E-state index in [1.807, 2.05) is 0 Å². The van der Waals surface area contributed by atoms with E-state index in [9.17, 15) is 31.2 Å². The fourth-order valence-electron chi connectivity index (χ4n) is 5.54. The SMILES string of the molecule is CCN(C(=O)Cc1ccc2c(c1)NC(=O)CS2(=O)=O)C(CN1CC[C@H](O[Si](C)(C)C(C)(C)C)C1)c1cccc(OC(F)(F)F)c1. The largest absolute Gasteiger partial charge is 0.573 e. The molecule has 2 aliphatic rings. The average Bonchev–Trinajstić information content (AvgIpc) is 3.32. The number of carbonyl (C=O) groups excluding carboxylic acids is 2. The maximum absolute atomic E-state index is 13.8. The smallest absolute Gasteiger partial charge is 0.413 e. The van der Waals surface area contributed by atoms with Crippen LogP contribution in [0.25, 0.3) is 0 Å². The minimum atomic E-state index is -4.87. The Morgan fingerprint density at radius 1 is 1.16 bits per heavy atom. The van der Waals surface area contributed by atoms with Crippen molar-refractivity contribution in [3.8, 4) is 5.75 Å². The van der Waals surface area contributed by atoms with Gasteiger partial charge in [0, 0.05) is 26.2 Å². The number of hydrogen-bond acceptors (Lipinski definition) is 7. The first-order valence-electron chi connectivity index (χ1n) is 15.0. The van der Waals surface area contributed by atoms with E-state index in [0.717, 1.165) is 6.42 Å². The summed E-state index contributed by atoms with van der Waals surface area (Å²) < 4.78 is 74.9. The van der Waals surface area contributed by atoms with Crippen LogP contribution in [0.3, 0.4) is 0 Å². The van der Waals surface area contributed by atoms with E-state index in [1.165, 1.54) is 36.4 Å². The van der Waals surface area contributed by atoms with Gasteiger partial charge in [0.2, 0.25) is 11.8 Å². The minimum absolute atomic E-state index is 0.00601. The summed E-state index contributed by atoms with van der Waals surface area (Å²) in [5.74, 6) is -1.97. The van der Waals surface area contributed by atoms with Gasteiger partial charge in [-0.3, -0.25) is 14.5 Å². The molecule has 2 heterocycles. The molecule has 2 amide bonds. The molecule has 0 saturated carbocycles. The second-order valence-electron chi connectivity index (χ2n) is 13.2. The highest BCUT2D eigenvalue weighted by Gasteiger charge is 2.41. The molecule has 2 atom stereocenters. The van der Waals surface area contributed by atoms with Gasteiger partial charge in [-0.05, 0) is 66.9 Å². The Morgan fingerprint density at radius 3 is 2.51 bits per heavy atom. The maximum Gasteiger partial charge on any atom is 0.573 e. The zero-order valence-corrected chi connectivity index (χ0v) is 28.3. The number of likely N-dealkylation sites (tertiary alicyclic amines) is 1. The molecule has 1 unspecified atom stereocenters. The van der Waals surface area contributed by atoms with E-state index < -0.39 is 42.2 Å². The van der Waals surface area contributed by atoms with Crippen LogP contribution >= 0.6 is 0 Å². The van der Waals surface area contributed by atoms with Gasteiger partial charge in [0.25, 0.3) is 0 Å². The molecule has 1 fully saturated rings. The first-order chi connectivity index (χ1) is 20.8. The molecule has 2 aromatic carbocycles. The fraction of sp³-hybridized carbons (Fsp3) is 0.548. The van der Waals surface area contributed by atoms with E-state index in [2.05, 4.69) is 48.8 Å². The molecule has 1 N–H and O–H groups in total. The lowest BCUT2D eigenvalue weighted by Crippen LogP contribution is -2.45. The monoisotopic (exact) mass is 669 g/mol. The highest BCUT2D eigenvalue weighted by atomic mass is 32.2. The Labute approximate surface area is 264 Å². The highest BCUT2D eigenvalue weighted by molar-refractivity contribution is 7.92. The van der Waals surface area contributed by atoms with Crippen molar-refractivity contribution < 1.29 is 40.3 Å². The van der Waals surface area contributed by atoms with E-state index in [0.29, 0.717) is 30.8 Å². The number of ether oxygens (including phenoxy) is 1. The molecule has 0 spiro atoms.